The van der Waals surface area contributed by atoms with Gasteiger partial charge in [-0.25, -0.2) is 0 Å². The molecule has 0 saturated carbocycles. The van der Waals surface area contributed by atoms with Gasteiger partial charge < -0.3 is 9.47 Å². The third kappa shape index (κ3) is 5.02. The lowest BCUT2D eigenvalue weighted by Crippen LogP contribution is -2.36. The zero-order chi connectivity index (χ0) is 13.5. The third-order valence-corrected chi connectivity index (χ3v) is 2.61. The average molecular weight is 242 g/mol. The summed E-state index contributed by atoms with van der Waals surface area (Å²) in [5.74, 6) is -1.13. The molecular weight excluding hydrogens is 220 g/mol. The number of methoxy groups -OCH3 is 1. The predicted octanol–water partition coefficient (Wildman–Crippen LogP) is 2.48. The van der Waals surface area contributed by atoms with Crippen molar-refractivity contribution in [2.45, 2.75) is 40.5 Å². The molecule has 0 aliphatic rings. The van der Waals surface area contributed by atoms with Crippen molar-refractivity contribution in [2.75, 3.05) is 13.7 Å². The highest BCUT2D eigenvalue weighted by atomic mass is 16.6. The summed E-state index contributed by atoms with van der Waals surface area (Å²) < 4.78 is 9.59. The van der Waals surface area contributed by atoms with Crippen LogP contribution < -0.4 is 0 Å². The fourth-order valence-electron chi connectivity index (χ4n) is 1.12. The van der Waals surface area contributed by atoms with Crippen molar-refractivity contribution >= 4 is 11.9 Å². The summed E-state index contributed by atoms with van der Waals surface area (Å²) in [5.41, 5.74) is 0.0198. The summed E-state index contributed by atoms with van der Waals surface area (Å²) in [5, 5.41) is 0. The van der Waals surface area contributed by atoms with Crippen LogP contribution in [-0.2, 0) is 19.1 Å². The Bertz CT molecular complexity index is 303. The van der Waals surface area contributed by atoms with Crippen LogP contribution >= 0.6 is 0 Å². The molecule has 0 aromatic heterocycles. The zero-order valence-electron chi connectivity index (χ0n) is 11.3. The zero-order valence-corrected chi connectivity index (χ0v) is 11.3. The minimum Gasteiger partial charge on any atom is -0.468 e. The average Bonchev–Trinajstić information content (AvgIpc) is 2.32. The van der Waals surface area contributed by atoms with Gasteiger partial charge in [0.15, 0.2) is 5.41 Å². The number of hydrogen-bond acceptors (Lipinski definition) is 4. The Labute approximate surface area is 103 Å². The van der Waals surface area contributed by atoms with Gasteiger partial charge in [0.25, 0.3) is 0 Å². The predicted molar refractivity (Wildman–Crippen MR) is 65.4 cm³/mol. The molecule has 0 bridgehead atoms. The molecule has 0 unspecified atom stereocenters. The Morgan fingerprint density at radius 3 is 2.29 bits per heavy atom. The Kier molecular flexibility index (Phi) is 6.54. The Morgan fingerprint density at radius 2 is 1.82 bits per heavy atom. The van der Waals surface area contributed by atoms with Crippen LogP contribution in [0.3, 0.4) is 0 Å². The highest BCUT2D eigenvalue weighted by Crippen LogP contribution is 2.19. The second-order valence-electron chi connectivity index (χ2n) is 4.45. The number of carbonyl (C=O) groups excluding carboxylic acids is 2. The van der Waals surface area contributed by atoms with Gasteiger partial charge >= 0.3 is 11.9 Å². The molecule has 0 fully saturated rings. The van der Waals surface area contributed by atoms with E-state index in [0.717, 1.165) is 6.42 Å². The summed E-state index contributed by atoms with van der Waals surface area (Å²) in [6, 6.07) is 0. The molecule has 0 heterocycles. The molecule has 98 valence electrons. The molecule has 0 aromatic rings. The minimum absolute atomic E-state index is 0.288. The Balaban J connectivity index is 4.15. The van der Waals surface area contributed by atoms with Crippen LogP contribution in [0, 0.1) is 5.41 Å². The quantitative estimate of drug-likeness (QED) is 0.311. The number of esters is 2. The van der Waals surface area contributed by atoms with E-state index in [1.54, 1.807) is 0 Å². The Hall–Kier alpha value is -1.32. The van der Waals surface area contributed by atoms with E-state index >= 15 is 0 Å². The SMILES string of the molecule is CCC(C)=CCCOC(=O)C(C)(C)C(=O)OC. The molecule has 0 atom stereocenters. The third-order valence-electron chi connectivity index (χ3n) is 2.61. The lowest BCUT2D eigenvalue weighted by Gasteiger charge is -2.19. The first kappa shape index (κ1) is 15.7. The van der Waals surface area contributed by atoms with Gasteiger partial charge in [0.2, 0.25) is 0 Å². The lowest BCUT2D eigenvalue weighted by atomic mass is 9.94. The van der Waals surface area contributed by atoms with Crippen molar-refractivity contribution in [3.63, 3.8) is 0 Å². The Morgan fingerprint density at radius 1 is 1.24 bits per heavy atom. The van der Waals surface area contributed by atoms with Gasteiger partial charge in [-0.3, -0.25) is 9.59 Å². The van der Waals surface area contributed by atoms with Crippen molar-refractivity contribution in [1.29, 1.82) is 0 Å². The van der Waals surface area contributed by atoms with Crippen LogP contribution in [0.2, 0.25) is 0 Å². The van der Waals surface area contributed by atoms with Crippen molar-refractivity contribution in [2.24, 2.45) is 5.41 Å². The van der Waals surface area contributed by atoms with Gasteiger partial charge in [-0.05, 0) is 33.6 Å². The van der Waals surface area contributed by atoms with Crippen LogP contribution in [0.15, 0.2) is 11.6 Å². The van der Waals surface area contributed by atoms with Crippen molar-refractivity contribution < 1.29 is 19.1 Å². The molecule has 0 N–H and O–H groups in total. The van der Waals surface area contributed by atoms with E-state index in [9.17, 15) is 9.59 Å². The van der Waals surface area contributed by atoms with Gasteiger partial charge in [0, 0.05) is 0 Å². The van der Waals surface area contributed by atoms with Crippen LogP contribution in [0.4, 0.5) is 0 Å². The number of allylic oxidation sites excluding steroid dienone is 1. The standard InChI is InChI=1S/C13H22O4/c1-6-10(2)8-7-9-17-12(15)13(3,4)11(14)16-5/h8H,6-7,9H2,1-5H3. The maximum Gasteiger partial charge on any atom is 0.322 e. The molecule has 0 saturated heterocycles. The van der Waals surface area contributed by atoms with Gasteiger partial charge in [0.05, 0.1) is 13.7 Å². The molecule has 0 rings (SSSR count). The van der Waals surface area contributed by atoms with Crippen LogP contribution in [-0.4, -0.2) is 25.7 Å². The van der Waals surface area contributed by atoms with Gasteiger partial charge in [-0.15, -0.1) is 0 Å². The highest BCUT2D eigenvalue weighted by Gasteiger charge is 2.38. The second kappa shape index (κ2) is 7.09. The van der Waals surface area contributed by atoms with Crippen LogP contribution in [0.5, 0.6) is 0 Å². The molecule has 0 aliphatic heterocycles. The highest BCUT2D eigenvalue weighted by molar-refractivity contribution is 5.98. The first-order valence-corrected chi connectivity index (χ1v) is 5.77. The maximum absolute atomic E-state index is 11.6. The summed E-state index contributed by atoms with van der Waals surface area (Å²) in [4.78, 5) is 23.0. The van der Waals surface area contributed by atoms with E-state index in [4.69, 9.17) is 4.74 Å². The van der Waals surface area contributed by atoms with E-state index < -0.39 is 17.4 Å². The number of ether oxygens (including phenoxy) is 2. The minimum atomic E-state index is -1.24. The smallest absolute Gasteiger partial charge is 0.322 e. The molecule has 4 nitrogen and oxygen atoms in total. The number of carbonyl (C=O) groups is 2. The van der Waals surface area contributed by atoms with Crippen molar-refractivity contribution in [3.05, 3.63) is 11.6 Å². The molecule has 0 amide bonds. The topological polar surface area (TPSA) is 52.6 Å². The van der Waals surface area contributed by atoms with E-state index in [2.05, 4.69) is 11.7 Å². The molecule has 0 aromatic carbocycles. The summed E-state index contributed by atoms with van der Waals surface area (Å²) in [6.45, 7) is 7.37. The van der Waals surface area contributed by atoms with Gasteiger partial charge in [-0.2, -0.15) is 0 Å². The molecule has 17 heavy (non-hydrogen) atoms. The van der Waals surface area contributed by atoms with E-state index in [0.29, 0.717) is 6.42 Å². The largest absolute Gasteiger partial charge is 0.468 e. The van der Waals surface area contributed by atoms with E-state index in [1.165, 1.54) is 26.5 Å². The fraction of sp³-hybridized carbons (Fsp3) is 0.692. The second-order valence-corrected chi connectivity index (χ2v) is 4.45. The van der Waals surface area contributed by atoms with Crippen molar-refractivity contribution in [1.82, 2.24) is 0 Å². The van der Waals surface area contributed by atoms with Crippen LogP contribution in [0.1, 0.15) is 40.5 Å². The first-order chi connectivity index (χ1) is 7.86. The maximum atomic E-state index is 11.6. The molecule has 0 spiro atoms. The fourth-order valence-corrected chi connectivity index (χ4v) is 1.12. The van der Waals surface area contributed by atoms with Gasteiger partial charge in [-0.1, -0.05) is 18.6 Å². The molecule has 4 heteroatoms. The first-order valence-electron chi connectivity index (χ1n) is 5.77. The monoisotopic (exact) mass is 242 g/mol. The summed E-state index contributed by atoms with van der Waals surface area (Å²) >= 11 is 0. The number of rotatable bonds is 6. The molecular formula is C13H22O4. The normalized spacial score (nSPS) is 12.2. The summed E-state index contributed by atoms with van der Waals surface area (Å²) in [7, 11) is 1.25. The summed E-state index contributed by atoms with van der Waals surface area (Å²) in [6.07, 6.45) is 3.68. The molecule has 0 aliphatic carbocycles. The lowest BCUT2D eigenvalue weighted by molar-refractivity contribution is -0.167. The van der Waals surface area contributed by atoms with Crippen molar-refractivity contribution in [3.8, 4) is 0 Å². The van der Waals surface area contributed by atoms with Crippen LogP contribution in [0.25, 0.3) is 0 Å². The van der Waals surface area contributed by atoms with E-state index in [-0.39, 0.29) is 6.61 Å². The molecule has 0 radical (unpaired) electrons. The number of hydrogen-bond donors (Lipinski definition) is 0. The van der Waals surface area contributed by atoms with E-state index in [1.807, 2.05) is 13.0 Å². The van der Waals surface area contributed by atoms with Gasteiger partial charge in [0.1, 0.15) is 0 Å².